The van der Waals surface area contributed by atoms with Crippen LogP contribution in [0.1, 0.15) is 30.6 Å². The van der Waals surface area contributed by atoms with Crippen molar-refractivity contribution in [1.82, 2.24) is 5.32 Å². The Morgan fingerprint density at radius 1 is 1.37 bits per heavy atom. The first-order valence-corrected chi connectivity index (χ1v) is 9.52. The second kappa shape index (κ2) is 6.37. The highest BCUT2D eigenvalue weighted by Gasteiger charge is 2.30. The summed E-state index contributed by atoms with van der Waals surface area (Å²) in [6.07, 6.45) is 3.31. The Kier molecular flexibility index (Phi) is 5.03. The summed E-state index contributed by atoms with van der Waals surface area (Å²) in [5, 5.41) is 2.35. The molecule has 0 saturated heterocycles. The monoisotopic (exact) mass is 365 g/mol. The van der Waals surface area contributed by atoms with Gasteiger partial charge in [-0.3, -0.25) is 4.79 Å². The van der Waals surface area contributed by atoms with Crippen LogP contribution in [0.3, 0.4) is 0 Å². The second-order valence-electron chi connectivity index (χ2n) is 4.70. The van der Waals surface area contributed by atoms with Gasteiger partial charge in [0.2, 0.25) is 5.91 Å². The van der Waals surface area contributed by atoms with Crippen molar-refractivity contribution in [3.63, 3.8) is 0 Å². The zero-order valence-electron chi connectivity index (χ0n) is 10.4. The fraction of sp³-hybridized carbons (Fsp3) is 0.583. The molecule has 0 aliphatic heterocycles. The molecule has 0 unspecified atom stereocenters. The lowest BCUT2D eigenvalue weighted by Crippen LogP contribution is -2.33. The third-order valence-corrected chi connectivity index (χ3v) is 7.01. The average molecular weight is 366 g/mol. The van der Waals surface area contributed by atoms with Crippen LogP contribution in [-0.4, -0.2) is 25.3 Å². The van der Waals surface area contributed by atoms with Crippen LogP contribution in [0.4, 0.5) is 0 Å². The highest BCUT2D eigenvalue weighted by molar-refractivity contribution is 9.11. The molecule has 19 heavy (non-hydrogen) atoms. The molecular weight excluding hydrogens is 350 g/mol. The van der Waals surface area contributed by atoms with E-state index >= 15 is 0 Å². The number of carbonyl (C=O) groups is 1. The van der Waals surface area contributed by atoms with Crippen molar-refractivity contribution >= 4 is 43.0 Å². The van der Waals surface area contributed by atoms with Crippen molar-refractivity contribution in [2.45, 2.75) is 37.5 Å². The van der Waals surface area contributed by atoms with Gasteiger partial charge in [-0.25, -0.2) is 8.42 Å². The summed E-state index contributed by atoms with van der Waals surface area (Å²) >= 11 is 4.87. The van der Waals surface area contributed by atoms with Crippen LogP contribution in [0.15, 0.2) is 15.9 Å². The number of amides is 1. The van der Waals surface area contributed by atoms with Crippen molar-refractivity contribution in [3.05, 3.63) is 20.8 Å². The van der Waals surface area contributed by atoms with E-state index in [0.717, 1.165) is 21.5 Å². The Hall–Kier alpha value is -0.400. The van der Waals surface area contributed by atoms with E-state index in [0.29, 0.717) is 19.4 Å². The van der Waals surface area contributed by atoms with Crippen molar-refractivity contribution in [2.75, 3.05) is 5.75 Å². The number of thiophene rings is 1. The van der Waals surface area contributed by atoms with Gasteiger partial charge in [-0.1, -0.05) is 12.8 Å². The van der Waals surface area contributed by atoms with Crippen molar-refractivity contribution in [3.8, 4) is 0 Å². The van der Waals surface area contributed by atoms with Crippen LogP contribution >= 0.6 is 27.3 Å². The minimum absolute atomic E-state index is 0.311. The van der Waals surface area contributed by atoms with Gasteiger partial charge < -0.3 is 5.32 Å². The van der Waals surface area contributed by atoms with Gasteiger partial charge in [0.1, 0.15) is 5.75 Å². The molecule has 106 valence electrons. The van der Waals surface area contributed by atoms with E-state index in [-0.39, 0.29) is 11.0 Å². The number of hydrogen-bond donors (Lipinski definition) is 1. The summed E-state index contributed by atoms with van der Waals surface area (Å²) < 4.78 is 25.0. The molecule has 0 radical (unpaired) electrons. The predicted octanol–water partition coefficient (Wildman–Crippen LogP) is 2.48. The van der Waals surface area contributed by atoms with Crippen LogP contribution in [0.2, 0.25) is 0 Å². The first kappa shape index (κ1) is 15.0. The Bertz CT molecular complexity index is 547. The number of rotatable bonds is 5. The number of carbonyl (C=O) groups excluding carboxylic acids is 1. The topological polar surface area (TPSA) is 63.2 Å². The van der Waals surface area contributed by atoms with Gasteiger partial charge >= 0.3 is 0 Å². The zero-order valence-corrected chi connectivity index (χ0v) is 13.6. The van der Waals surface area contributed by atoms with Gasteiger partial charge in [0, 0.05) is 4.88 Å². The lowest BCUT2D eigenvalue weighted by Gasteiger charge is -2.10. The van der Waals surface area contributed by atoms with E-state index in [9.17, 15) is 13.2 Å². The van der Waals surface area contributed by atoms with Crippen LogP contribution in [0.5, 0.6) is 0 Å². The first-order valence-electron chi connectivity index (χ1n) is 6.20. The smallest absolute Gasteiger partial charge is 0.235 e. The van der Waals surface area contributed by atoms with Crippen molar-refractivity contribution in [1.29, 1.82) is 0 Å². The lowest BCUT2D eigenvalue weighted by atomic mass is 10.4. The van der Waals surface area contributed by atoms with E-state index in [1.54, 1.807) is 0 Å². The highest BCUT2D eigenvalue weighted by atomic mass is 79.9. The zero-order chi connectivity index (χ0) is 13.9. The van der Waals surface area contributed by atoms with Gasteiger partial charge in [-0.05, 0) is 40.9 Å². The summed E-state index contributed by atoms with van der Waals surface area (Å²) in [5.41, 5.74) is 0. The SMILES string of the molecule is O=C(CS(=O)(=O)C1CCCC1)NCc1ccc(Br)s1. The van der Waals surface area contributed by atoms with Gasteiger partial charge in [-0.2, -0.15) is 0 Å². The minimum Gasteiger partial charge on any atom is -0.350 e. The Morgan fingerprint density at radius 3 is 2.63 bits per heavy atom. The standard InChI is InChI=1S/C12H16BrNO3S2/c13-11-6-5-9(18-11)7-14-12(15)8-19(16,17)10-3-1-2-4-10/h5-6,10H,1-4,7-8H2,(H,14,15). The molecule has 1 N–H and O–H groups in total. The summed E-state index contributed by atoms with van der Waals surface area (Å²) in [6, 6.07) is 3.81. The maximum Gasteiger partial charge on any atom is 0.235 e. The Morgan fingerprint density at radius 2 is 2.05 bits per heavy atom. The van der Waals surface area contributed by atoms with Gasteiger partial charge in [-0.15, -0.1) is 11.3 Å². The van der Waals surface area contributed by atoms with E-state index < -0.39 is 15.7 Å². The minimum atomic E-state index is -3.28. The van der Waals surface area contributed by atoms with Gasteiger partial charge in [0.15, 0.2) is 9.84 Å². The quantitative estimate of drug-likeness (QED) is 0.871. The lowest BCUT2D eigenvalue weighted by molar-refractivity contribution is -0.118. The van der Waals surface area contributed by atoms with E-state index in [1.165, 1.54) is 11.3 Å². The number of sulfone groups is 1. The Labute approximate surface area is 125 Å². The molecule has 1 fully saturated rings. The molecular formula is C12H16BrNO3S2. The molecule has 1 heterocycles. The van der Waals surface area contributed by atoms with E-state index in [2.05, 4.69) is 21.2 Å². The highest BCUT2D eigenvalue weighted by Crippen LogP contribution is 2.25. The maximum atomic E-state index is 12.0. The molecule has 1 aromatic heterocycles. The normalized spacial score (nSPS) is 16.7. The third kappa shape index (κ3) is 4.29. The van der Waals surface area contributed by atoms with Crippen LogP contribution in [0.25, 0.3) is 0 Å². The van der Waals surface area contributed by atoms with Crippen molar-refractivity contribution < 1.29 is 13.2 Å². The molecule has 1 saturated carbocycles. The largest absolute Gasteiger partial charge is 0.350 e. The van der Waals surface area contributed by atoms with Crippen LogP contribution in [-0.2, 0) is 21.2 Å². The molecule has 0 aromatic carbocycles. The summed E-state index contributed by atoms with van der Waals surface area (Å²) in [4.78, 5) is 12.7. The van der Waals surface area contributed by atoms with Crippen molar-refractivity contribution in [2.24, 2.45) is 0 Å². The van der Waals surface area contributed by atoms with Crippen LogP contribution in [0, 0.1) is 0 Å². The second-order valence-corrected chi connectivity index (χ2v) is 9.52. The van der Waals surface area contributed by atoms with Gasteiger partial charge in [0.25, 0.3) is 0 Å². The molecule has 1 aliphatic carbocycles. The molecule has 0 atom stereocenters. The van der Waals surface area contributed by atoms with E-state index in [4.69, 9.17) is 0 Å². The summed E-state index contributed by atoms with van der Waals surface area (Å²) in [5.74, 6) is -0.791. The van der Waals surface area contributed by atoms with Crippen LogP contribution < -0.4 is 5.32 Å². The molecule has 1 aliphatic rings. The predicted molar refractivity (Wildman–Crippen MR) is 79.9 cm³/mol. The molecule has 1 amide bonds. The average Bonchev–Trinajstić information content (AvgIpc) is 2.96. The van der Waals surface area contributed by atoms with Gasteiger partial charge in [0.05, 0.1) is 15.6 Å². The number of halogens is 1. The molecule has 2 rings (SSSR count). The maximum absolute atomic E-state index is 12.0. The molecule has 0 bridgehead atoms. The molecule has 0 spiro atoms. The van der Waals surface area contributed by atoms with E-state index in [1.807, 2.05) is 12.1 Å². The fourth-order valence-corrected chi connectivity index (χ4v) is 5.41. The number of nitrogens with one attached hydrogen (secondary N) is 1. The molecule has 7 heteroatoms. The third-order valence-electron chi connectivity index (χ3n) is 3.23. The number of hydrogen-bond acceptors (Lipinski definition) is 4. The summed E-state index contributed by atoms with van der Waals surface area (Å²) in [7, 11) is -3.28. The first-order chi connectivity index (χ1) is 8.97. The molecule has 1 aromatic rings. The summed E-state index contributed by atoms with van der Waals surface area (Å²) in [6.45, 7) is 0.384. The Balaban J connectivity index is 1.83. The fourth-order valence-electron chi connectivity index (χ4n) is 2.23. The molecule has 4 nitrogen and oxygen atoms in total.